The van der Waals surface area contributed by atoms with Crippen molar-refractivity contribution in [1.82, 2.24) is 10.6 Å². The van der Waals surface area contributed by atoms with Gasteiger partial charge in [0.25, 0.3) is 0 Å². The number of benzene rings is 1. The molecule has 20 heavy (non-hydrogen) atoms. The predicted molar refractivity (Wildman–Crippen MR) is 76.2 cm³/mol. The van der Waals surface area contributed by atoms with Crippen LogP contribution in [-0.2, 0) is 9.53 Å². The summed E-state index contributed by atoms with van der Waals surface area (Å²) in [6.07, 6.45) is 0.592. The van der Waals surface area contributed by atoms with Gasteiger partial charge in [-0.05, 0) is 25.5 Å². The number of hydrogen-bond acceptors (Lipinski definition) is 4. The lowest BCUT2D eigenvalue weighted by atomic mass is 9.81. The number of aliphatic hydroxyl groups is 1. The summed E-state index contributed by atoms with van der Waals surface area (Å²) in [5.41, 5.74) is 0.102. The zero-order valence-corrected chi connectivity index (χ0v) is 11.9. The predicted octanol–water partition coefficient (Wildman–Crippen LogP) is 0.603. The van der Waals surface area contributed by atoms with Crippen LogP contribution in [0.15, 0.2) is 30.3 Å². The number of rotatable bonds is 4. The molecule has 2 rings (SSSR count). The van der Waals surface area contributed by atoms with E-state index < -0.39 is 5.60 Å². The summed E-state index contributed by atoms with van der Waals surface area (Å²) in [4.78, 5) is 11.8. The van der Waals surface area contributed by atoms with E-state index in [1.165, 1.54) is 7.11 Å². The molecule has 1 saturated heterocycles. The van der Waals surface area contributed by atoms with Gasteiger partial charge in [-0.3, -0.25) is 4.79 Å². The van der Waals surface area contributed by atoms with Gasteiger partial charge in [0.05, 0.1) is 17.7 Å². The van der Waals surface area contributed by atoms with Crippen molar-refractivity contribution in [2.45, 2.75) is 31.0 Å². The average Bonchev–Trinajstić information content (AvgIpc) is 2.42. The summed E-state index contributed by atoms with van der Waals surface area (Å²) in [5, 5.41) is 16.8. The van der Waals surface area contributed by atoms with Crippen LogP contribution in [0.4, 0.5) is 0 Å². The Morgan fingerprint density at radius 3 is 2.85 bits per heavy atom. The van der Waals surface area contributed by atoms with Gasteiger partial charge in [-0.15, -0.1) is 0 Å². The van der Waals surface area contributed by atoms with E-state index in [1.54, 1.807) is 6.92 Å². The van der Waals surface area contributed by atoms with Crippen LogP contribution < -0.4 is 10.6 Å². The Bertz CT molecular complexity index is 448. The second kappa shape index (κ2) is 6.35. The number of hydrogen-bond donors (Lipinski definition) is 3. The molecule has 0 unspecified atom stereocenters. The van der Waals surface area contributed by atoms with Gasteiger partial charge in [-0.2, -0.15) is 0 Å². The van der Waals surface area contributed by atoms with Gasteiger partial charge in [-0.25, -0.2) is 0 Å². The minimum Gasteiger partial charge on any atom is -0.388 e. The highest BCUT2D eigenvalue weighted by Gasteiger charge is 2.42. The smallest absolute Gasteiger partial charge is 0.246 e. The van der Waals surface area contributed by atoms with Crippen molar-refractivity contribution in [2.24, 2.45) is 0 Å². The highest BCUT2D eigenvalue weighted by atomic mass is 16.5. The van der Waals surface area contributed by atoms with Crippen LogP contribution in [0, 0.1) is 0 Å². The second-order valence-electron chi connectivity index (χ2n) is 5.43. The molecule has 0 aromatic heterocycles. The van der Waals surface area contributed by atoms with E-state index >= 15 is 0 Å². The maximum absolute atomic E-state index is 11.8. The van der Waals surface area contributed by atoms with Crippen molar-refractivity contribution in [3.8, 4) is 0 Å². The quantitative estimate of drug-likeness (QED) is 0.754. The van der Waals surface area contributed by atoms with Crippen molar-refractivity contribution in [3.05, 3.63) is 35.9 Å². The molecule has 1 aliphatic heterocycles. The minimum atomic E-state index is -0.949. The highest BCUT2D eigenvalue weighted by Crippen LogP contribution is 2.30. The van der Waals surface area contributed by atoms with Gasteiger partial charge in [0.15, 0.2) is 0 Å². The van der Waals surface area contributed by atoms with Gasteiger partial charge >= 0.3 is 0 Å². The van der Waals surface area contributed by atoms with Crippen LogP contribution in [0.2, 0.25) is 0 Å². The molecule has 0 radical (unpaired) electrons. The van der Waals surface area contributed by atoms with E-state index in [1.807, 2.05) is 30.3 Å². The summed E-state index contributed by atoms with van der Waals surface area (Å²) in [6.45, 7) is 2.47. The van der Waals surface area contributed by atoms with Crippen LogP contribution >= 0.6 is 0 Å². The van der Waals surface area contributed by atoms with E-state index in [9.17, 15) is 9.90 Å². The Kier molecular flexibility index (Phi) is 4.75. The summed E-state index contributed by atoms with van der Waals surface area (Å²) in [5.74, 6) is -0.220. The standard InChI is InChI=1S/C15H22N2O3/c1-15(19)8-9-16-13(11-6-4-3-5-7-11)14(15)17-12(18)10-20-2/h3-7,13-14,16,19H,8-10H2,1-2H3,(H,17,18)/t13-,14-,15+/m0/s1. The number of methoxy groups -OCH3 is 1. The molecule has 3 N–H and O–H groups in total. The van der Waals surface area contributed by atoms with Crippen molar-refractivity contribution < 1.29 is 14.6 Å². The van der Waals surface area contributed by atoms with Crippen molar-refractivity contribution in [1.29, 1.82) is 0 Å². The molecular weight excluding hydrogens is 256 g/mol. The fourth-order valence-electron chi connectivity index (χ4n) is 2.67. The molecule has 0 spiro atoms. The molecule has 1 aliphatic rings. The molecule has 0 saturated carbocycles. The van der Waals surface area contributed by atoms with Gasteiger partial charge in [0, 0.05) is 7.11 Å². The van der Waals surface area contributed by atoms with Gasteiger partial charge in [0.2, 0.25) is 5.91 Å². The monoisotopic (exact) mass is 278 g/mol. The first-order chi connectivity index (χ1) is 9.54. The van der Waals surface area contributed by atoms with E-state index in [-0.39, 0.29) is 24.6 Å². The lowest BCUT2D eigenvalue weighted by molar-refractivity contribution is -0.129. The summed E-state index contributed by atoms with van der Waals surface area (Å²) in [6, 6.07) is 9.34. The first kappa shape index (κ1) is 15.0. The van der Waals surface area contributed by atoms with Gasteiger partial charge in [0.1, 0.15) is 6.61 Å². The third-order valence-electron chi connectivity index (χ3n) is 3.75. The Labute approximate surface area is 119 Å². The number of amides is 1. The van der Waals surface area contributed by atoms with Gasteiger partial charge in [-0.1, -0.05) is 30.3 Å². The molecular formula is C15H22N2O3. The summed E-state index contributed by atoms with van der Waals surface area (Å²) >= 11 is 0. The molecule has 110 valence electrons. The second-order valence-corrected chi connectivity index (χ2v) is 5.43. The van der Waals surface area contributed by atoms with Crippen molar-refractivity contribution in [2.75, 3.05) is 20.3 Å². The fraction of sp³-hybridized carbons (Fsp3) is 0.533. The lowest BCUT2D eigenvalue weighted by Gasteiger charge is -2.43. The molecule has 1 amide bonds. The van der Waals surface area contributed by atoms with Crippen molar-refractivity contribution in [3.63, 3.8) is 0 Å². The number of nitrogens with one attached hydrogen (secondary N) is 2. The Morgan fingerprint density at radius 1 is 1.50 bits per heavy atom. The first-order valence-corrected chi connectivity index (χ1v) is 6.83. The normalized spacial score (nSPS) is 29.9. The zero-order chi connectivity index (χ0) is 14.6. The number of carbonyl (C=O) groups is 1. The molecule has 1 heterocycles. The van der Waals surface area contributed by atoms with E-state index in [0.29, 0.717) is 13.0 Å². The molecule has 5 heteroatoms. The van der Waals surface area contributed by atoms with E-state index in [4.69, 9.17) is 4.74 Å². The average molecular weight is 278 g/mol. The van der Waals surface area contributed by atoms with Crippen LogP contribution in [0.3, 0.4) is 0 Å². The molecule has 5 nitrogen and oxygen atoms in total. The molecule has 1 fully saturated rings. The number of piperidine rings is 1. The fourth-order valence-corrected chi connectivity index (χ4v) is 2.67. The van der Waals surface area contributed by atoms with Crippen LogP contribution in [-0.4, -0.2) is 42.9 Å². The minimum absolute atomic E-state index is 0.00586. The zero-order valence-electron chi connectivity index (χ0n) is 11.9. The largest absolute Gasteiger partial charge is 0.388 e. The molecule has 0 bridgehead atoms. The third-order valence-corrected chi connectivity index (χ3v) is 3.75. The van der Waals surface area contributed by atoms with Crippen LogP contribution in [0.5, 0.6) is 0 Å². The summed E-state index contributed by atoms with van der Waals surface area (Å²) < 4.78 is 4.84. The Morgan fingerprint density at radius 2 is 2.20 bits per heavy atom. The molecule has 3 atom stereocenters. The van der Waals surface area contributed by atoms with E-state index in [0.717, 1.165) is 5.56 Å². The summed E-state index contributed by atoms with van der Waals surface area (Å²) in [7, 11) is 1.48. The Hall–Kier alpha value is -1.43. The number of ether oxygens (including phenoxy) is 1. The van der Waals surface area contributed by atoms with Gasteiger partial charge < -0.3 is 20.5 Å². The van der Waals surface area contributed by atoms with E-state index in [2.05, 4.69) is 10.6 Å². The topological polar surface area (TPSA) is 70.6 Å². The maximum Gasteiger partial charge on any atom is 0.246 e. The van der Waals surface area contributed by atoms with Crippen molar-refractivity contribution >= 4 is 5.91 Å². The Balaban J connectivity index is 2.21. The van der Waals surface area contributed by atoms with Crippen LogP contribution in [0.25, 0.3) is 0 Å². The maximum atomic E-state index is 11.8. The SMILES string of the molecule is COCC(=O)N[C@H]1[C@H](c2ccccc2)NCC[C@@]1(C)O. The third kappa shape index (κ3) is 3.36. The first-order valence-electron chi connectivity index (χ1n) is 6.83. The lowest BCUT2D eigenvalue weighted by Crippen LogP contribution is -2.61. The molecule has 1 aromatic carbocycles. The van der Waals surface area contributed by atoms with Crippen LogP contribution in [0.1, 0.15) is 24.9 Å². The molecule has 0 aliphatic carbocycles. The molecule has 1 aromatic rings. The highest BCUT2D eigenvalue weighted by molar-refractivity contribution is 5.77. The number of carbonyl (C=O) groups excluding carboxylic acids is 1.